The predicted octanol–water partition coefficient (Wildman–Crippen LogP) is 2.98. The fourth-order valence-corrected chi connectivity index (χ4v) is 3.95. The van der Waals surface area contributed by atoms with Crippen LogP contribution < -0.4 is 11.1 Å². The lowest BCUT2D eigenvalue weighted by atomic mass is 9.88. The SMILES string of the molecule is CC(C)(C)C[C@H](NC(=O)c1cc2sccc2s1)C(N)=O. The van der Waals surface area contributed by atoms with Crippen molar-refractivity contribution >= 4 is 43.9 Å². The monoisotopic (exact) mass is 310 g/mol. The summed E-state index contributed by atoms with van der Waals surface area (Å²) in [6, 6.07) is 3.21. The number of nitrogens with one attached hydrogen (secondary N) is 1. The van der Waals surface area contributed by atoms with E-state index in [0.717, 1.165) is 9.40 Å². The van der Waals surface area contributed by atoms with Crippen molar-refractivity contribution in [2.75, 3.05) is 0 Å². The van der Waals surface area contributed by atoms with E-state index in [1.165, 1.54) is 11.3 Å². The van der Waals surface area contributed by atoms with E-state index in [1.54, 1.807) is 11.3 Å². The van der Waals surface area contributed by atoms with E-state index in [1.807, 2.05) is 38.3 Å². The van der Waals surface area contributed by atoms with Gasteiger partial charge in [-0.05, 0) is 29.3 Å². The summed E-state index contributed by atoms with van der Waals surface area (Å²) < 4.78 is 2.18. The molecule has 2 heterocycles. The molecular weight excluding hydrogens is 292 g/mol. The normalized spacial score (nSPS) is 13.3. The molecule has 4 nitrogen and oxygen atoms in total. The fraction of sp³-hybridized carbons (Fsp3) is 0.429. The Morgan fingerprint density at radius 2 is 2.05 bits per heavy atom. The fourth-order valence-electron chi connectivity index (χ4n) is 1.94. The first kappa shape index (κ1) is 15.0. The van der Waals surface area contributed by atoms with E-state index in [4.69, 9.17) is 5.73 Å². The molecule has 0 spiro atoms. The van der Waals surface area contributed by atoms with E-state index in [-0.39, 0.29) is 11.3 Å². The summed E-state index contributed by atoms with van der Waals surface area (Å²) in [7, 11) is 0. The Bertz CT molecular complexity index is 608. The summed E-state index contributed by atoms with van der Waals surface area (Å²) in [6.07, 6.45) is 0.522. The number of fused-ring (bicyclic) bond motifs is 1. The number of primary amides is 1. The zero-order valence-electron chi connectivity index (χ0n) is 11.7. The second-order valence-electron chi connectivity index (χ2n) is 5.95. The Morgan fingerprint density at radius 3 is 2.60 bits per heavy atom. The lowest BCUT2D eigenvalue weighted by molar-refractivity contribution is -0.120. The third kappa shape index (κ3) is 3.58. The van der Waals surface area contributed by atoms with Gasteiger partial charge in [0.05, 0.1) is 4.88 Å². The highest BCUT2D eigenvalue weighted by molar-refractivity contribution is 7.27. The van der Waals surface area contributed by atoms with Crippen molar-refractivity contribution < 1.29 is 9.59 Å². The summed E-state index contributed by atoms with van der Waals surface area (Å²) in [5, 5.41) is 4.74. The Kier molecular flexibility index (Phi) is 4.15. The van der Waals surface area contributed by atoms with Crippen molar-refractivity contribution in [1.82, 2.24) is 5.32 Å². The summed E-state index contributed by atoms with van der Waals surface area (Å²) in [4.78, 5) is 24.3. The molecule has 0 saturated carbocycles. The molecule has 0 radical (unpaired) electrons. The van der Waals surface area contributed by atoms with E-state index in [0.29, 0.717) is 11.3 Å². The molecule has 108 valence electrons. The van der Waals surface area contributed by atoms with Gasteiger partial charge >= 0.3 is 0 Å². The Morgan fingerprint density at radius 1 is 1.35 bits per heavy atom. The van der Waals surface area contributed by atoms with Crippen LogP contribution in [0.15, 0.2) is 17.5 Å². The first-order valence-electron chi connectivity index (χ1n) is 6.33. The minimum Gasteiger partial charge on any atom is -0.368 e. The number of carbonyl (C=O) groups excluding carboxylic acids is 2. The summed E-state index contributed by atoms with van der Waals surface area (Å²) >= 11 is 3.03. The number of hydrogen-bond donors (Lipinski definition) is 2. The maximum atomic E-state index is 12.2. The Balaban J connectivity index is 2.12. The van der Waals surface area contributed by atoms with Crippen molar-refractivity contribution in [3.63, 3.8) is 0 Å². The molecule has 0 unspecified atom stereocenters. The molecule has 0 fully saturated rings. The van der Waals surface area contributed by atoms with Gasteiger partial charge in [-0.3, -0.25) is 9.59 Å². The number of nitrogens with two attached hydrogens (primary N) is 1. The van der Waals surface area contributed by atoms with Crippen LogP contribution in [0.1, 0.15) is 36.9 Å². The molecule has 2 amide bonds. The van der Waals surface area contributed by atoms with Crippen molar-refractivity contribution in [2.45, 2.75) is 33.2 Å². The van der Waals surface area contributed by atoms with Gasteiger partial charge in [-0.1, -0.05) is 20.8 Å². The van der Waals surface area contributed by atoms with E-state index >= 15 is 0 Å². The minimum absolute atomic E-state index is 0.0806. The van der Waals surface area contributed by atoms with Crippen LogP contribution in [0.5, 0.6) is 0 Å². The lowest BCUT2D eigenvalue weighted by Crippen LogP contribution is -2.46. The smallest absolute Gasteiger partial charge is 0.262 e. The quantitative estimate of drug-likeness (QED) is 0.911. The molecule has 6 heteroatoms. The van der Waals surface area contributed by atoms with Crippen molar-refractivity contribution in [1.29, 1.82) is 0 Å². The van der Waals surface area contributed by atoms with Crippen LogP contribution in [0.3, 0.4) is 0 Å². The van der Waals surface area contributed by atoms with Crippen LogP contribution in [-0.4, -0.2) is 17.9 Å². The van der Waals surface area contributed by atoms with Gasteiger partial charge in [0.25, 0.3) is 5.91 Å². The summed E-state index contributed by atoms with van der Waals surface area (Å²) in [6.45, 7) is 6.03. The highest BCUT2D eigenvalue weighted by Gasteiger charge is 2.25. The molecule has 0 bridgehead atoms. The van der Waals surface area contributed by atoms with Gasteiger partial charge in [-0.25, -0.2) is 0 Å². The molecule has 2 aromatic heterocycles. The molecule has 0 aliphatic heterocycles. The van der Waals surface area contributed by atoms with Gasteiger partial charge in [-0.2, -0.15) is 0 Å². The average molecular weight is 310 g/mol. The number of hydrogen-bond acceptors (Lipinski definition) is 4. The predicted molar refractivity (Wildman–Crippen MR) is 84.2 cm³/mol. The van der Waals surface area contributed by atoms with Crippen LogP contribution >= 0.6 is 22.7 Å². The van der Waals surface area contributed by atoms with Crippen molar-refractivity contribution in [2.24, 2.45) is 11.1 Å². The maximum absolute atomic E-state index is 12.2. The maximum Gasteiger partial charge on any atom is 0.262 e. The Hall–Kier alpha value is -1.40. The second kappa shape index (κ2) is 5.54. The molecule has 0 aliphatic rings. The van der Waals surface area contributed by atoms with Crippen molar-refractivity contribution in [3.05, 3.63) is 22.4 Å². The highest BCUT2D eigenvalue weighted by Crippen LogP contribution is 2.30. The van der Waals surface area contributed by atoms with Gasteiger partial charge < -0.3 is 11.1 Å². The Labute approximate surface area is 126 Å². The van der Waals surface area contributed by atoms with Crippen LogP contribution in [0.2, 0.25) is 0 Å². The van der Waals surface area contributed by atoms with Crippen LogP contribution in [0.4, 0.5) is 0 Å². The number of rotatable bonds is 4. The third-order valence-electron chi connectivity index (χ3n) is 2.83. The molecule has 0 aromatic carbocycles. The first-order valence-corrected chi connectivity index (χ1v) is 8.03. The van der Waals surface area contributed by atoms with Gasteiger partial charge in [0.1, 0.15) is 6.04 Å². The average Bonchev–Trinajstić information content (AvgIpc) is 2.85. The molecule has 2 rings (SSSR count). The molecule has 2 aromatic rings. The lowest BCUT2D eigenvalue weighted by Gasteiger charge is -2.24. The zero-order chi connectivity index (χ0) is 14.9. The number of thiophene rings is 2. The van der Waals surface area contributed by atoms with Crippen LogP contribution in [-0.2, 0) is 4.79 Å². The van der Waals surface area contributed by atoms with Crippen LogP contribution in [0.25, 0.3) is 9.40 Å². The first-order chi connectivity index (χ1) is 9.26. The van der Waals surface area contributed by atoms with Gasteiger partial charge in [-0.15, -0.1) is 22.7 Å². The molecule has 3 N–H and O–H groups in total. The van der Waals surface area contributed by atoms with E-state index in [9.17, 15) is 9.59 Å². The molecule has 1 atom stereocenters. The standard InChI is InChI=1S/C14H18N2O2S2/c1-14(2,3)7-8(12(15)17)16-13(18)11-6-10-9(20-11)4-5-19-10/h4-6,8H,7H2,1-3H3,(H2,15,17)(H,16,18)/t8-/m0/s1. The number of amides is 2. The zero-order valence-corrected chi connectivity index (χ0v) is 13.4. The third-order valence-corrected chi connectivity index (χ3v) is 4.92. The van der Waals surface area contributed by atoms with Gasteiger partial charge in [0.15, 0.2) is 0 Å². The van der Waals surface area contributed by atoms with E-state index < -0.39 is 11.9 Å². The molecule has 0 aliphatic carbocycles. The van der Waals surface area contributed by atoms with E-state index in [2.05, 4.69) is 5.32 Å². The minimum atomic E-state index is -0.636. The van der Waals surface area contributed by atoms with Gasteiger partial charge in [0.2, 0.25) is 5.91 Å². The van der Waals surface area contributed by atoms with Crippen molar-refractivity contribution in [3.8, 4) is 0 Å². The topological polar surface area (TPSA) is 72.2 Å². The molecule has 0 saturated heterocycles. The number of carbonyl (C=O) groups is 2. The molecular formula is C14H18N2O2S2. The van der Waals surface area contributed by atoms with Crippen LogP contribution in [0, 0.1) is 5.41 Å². The molecule has 20 heavy (non-hydrogen) atoms. The largest absolute Gasteiger partial charge is 0.368 e. The van der Waals surface area contributed by atoms with Gasteiger partial charge in [0, 0.05) is 9.40 Å². The second-order valence-corrected chi connectivity index (χ2v) is 7.98. The summed E-state index contributed by atoms with van der Waals surface area (Å²) in [5.41, 5.74) is 5.30. The summed E-state index contributed by atoms with van der Waals surface area (Å²) in [5.74, 6) is -0.724. The highest BCUT2D eigenvalue weighted by atomic mass is 32.1.